The third-order valence-corrected chi connectivity index (χ3v) is 6.87. The van der Waals surface area contributed by atoms with Crippen LogP contribution in [0, 0.1) is 5.82 Å². The van der Waals surface area contributed by atoms with Crippen molar-refractivity contribution in [1.29, 1.82) is 0 Å². The van der Waals surface area contributed by atoms with Gasteiger partial charge in [-0.25, -0.2) is 12.8 Å². The zero-order valence-corrected chi connectivity index (χ0v) is 20.4. The third kappa shape index (κ3) is 7.25. The van der Waals surface area contributed by atoms with Crippen molar-refractivity contribution in [2.75, 3.05) is 46.8 Å². The molecule has 0 aliphatic carbocycles. The van der Waals surface area contributed by atoms with Gasteiger partial charge in [-0.05, 0) is 65.9 Å². The van der Waals surface area contributed by atoms with E-state index in [-0.39, 0.29) is 18.7 Å². The topological polar surface area (TPSA) is 87.2 Å². The molecule has 0 unspecified atom stereocenters. The van der Waals surface area contributed by atoms with Crippen LogP contribution in [0.15, 0.2) is 23.1 Å². The van der Waals surface area contributed by atoms with E-state index >= 15 is 0 Å². The molecular weight excluding hydrogens is 437 g/mol. The Balaban J connectivity index is 2.32. The summed E-state index contributed by atoms with van der Waals surface area (Å²) in [7, 11) is -0.398. The molecule has 10 heteroatoms. The van der Waals surface area contributed by atoms with Crippen LogP contribution in [-0.2, 0) is 19.6 Å². The van der Waals surface area contributed by atoms with Gasteiger partial charge in [-0.3, -0.25) is 9.59 Å². The molecule has 1 heterocycles. The number of hydrogen-bond acceptors (Lipinski definition) is 6. The second-order valence-electron chi connectivity index (χ2n) is 9.23. The first kappa shape index (κ1) is 26.2. The molecule has 0 bridgehead atoms. The number of benzene rings is 1. The van der Waals surface area contributed by atoms with Crippen molar-refractivity contribution >= 4 is 21.9 Å². The molecule has 32 heavy (non-hydrogen) atoms. The fourth-order valence-corrected chi connectivity index (χ4v) is 4.97. The average molecular weight is 472 g/mol. The second-order valence-corrected chi connectivity index (χ2v) is 11.1. The average Bonchev–Trinajstić information content (AvgIpc) is 2.70. The minimum absolute atomic E-state index is 0.00398. The molecular formula is C22H34FN3O5S. The highest BCUT2D eigenvalue weighted by Gasteiger charge is 2.30. The summed E-state index contributed by atoms with van der Waals surface area (Å²) in [5.74, 6) is -2.04. The summed E-state index contributed by atoms with van der Waals surface area (Å²) in [4.78, 5) is 28.2. The maximum atomic E-state index is 14.5. The molecule has 0 atom stereocenters. The van der Waals surface area contributed by atoms with Gasteiger partial charge in [0.15, 0.2) is 0 Å². The van der Waals surface area contributed by atoms with Crippen LogP contribution in [0.4, 0.5) is 4.39 Å². The van der Waals surface area contributed by atoms with Crippen LogP contribution < -0.4 is 0 Å². The zero-order chi connectivity index (χ0) is 24.1. The summed E-state index contributed by atoms with van der Waals surface area (Å²) in [5.41, 5.74) is -0.705. The lowest BCUT2D eigenvalue weighted by Crippen LogP contribution is -2.42. The predicted molar refractivity (Wildman–Crippen MR) is 119 cm³/mol. The standard InChI is InChI=1S/C22H34FN3O5S/c1-22(2,3)31-20(27)16-25(14-13-24(4)5)21(28)17-9-10-18(23)19(15-17)32(29,30)26-11-7-6-8-12-26/h9-10,15H,6-8,11-14,16H2,1-5H3. The first-order chi connectivity index (χ1) is 14.8. The number of sulfonamides is 1. The molecule has 0 spiro atoms. The van der Waals surface area contributed by atoms with Crippen molar-refractivity contribution in [3.05, 3.63) is 29.6 Å². The third-order valence-electron chi connectivity index (χ3n) is 4.96. The van der Waals surface area contributed by atoms with E-state index in [0.29, 0.717) is 32.5 Å². The molecule has 1 saturated heterocycles. The summed E-state index contributed by atoms with van der Waals surface area (Å²) in [6.45, 7) is 6.25. The molecule has 0 saturated carbocycles. The number of amides is 1. The van der Waals surface area contributed by atoms with Crippen LogP contribution >= 0.6 is 0 Å². The number of rotatable bonds is 8. The first-order valence-electron chi connectivity index (χ1n) is 10.8. The number of hydrogen-bond donors (Lipinski definition) is 0. The van der Waals surface area contributed by atoms with Crippen LogP contribution in [0.5, 0.6) is 0 Å². The molecule has 0 N–H and O–H groups in total. The molecule has 2 rings (SSSR count). The van der Waals surface area contributed by atoms with Crippen LogP contribution in [0.2, 0.25) is 0 Å². The number of nitrogens with zero attached hydrogens (tertiary/aromatic N) is 3. The van der Waals surface area contributed by atoms with E-state index in [1.165, 1.54) is 15.3 Å². The van der Waals surface area contributed by atoms with Crippen molar-refractivity contribution in [1.82, 2.24) is 14.1 Å². The molecule has 1 aliphatic heterocycles. The second kappa shape index (κ2) is 10.7. The number of halogens is 1. The number of carbonyl (C=O) groups is 2. The van der Waals surface area contributed by atoms with Gasteiger partial charge >= 0.3 is 5.97 Å². The lowest BCUT2D eigenvalue weighted by molar-refractivity contribution is -0.155. The number of carbonyl (C=O) groups excluding carboxylic acids is 2. The Labute approximate surface area is 190 Å². The van der Waals surface area contributed by atoms with Gasteiger partial charge in [-0.2, -0.15) is 4.31 Å². The minimum atomic E-state index is -4.06. The molecule has 1 fully saturated rings. The van der Waals surface area contributed by atoms with E-state index in [1.54, 1.807) is 20.8 Å². The van der Waals surface area contributed by atoms with E-state index in [2.05, 4.69) is 0 Å². The summed E-state index contributed by atoms with van der Waals surface area (Å²) >= 11 is 0. The Bertz CT molecular complexity index is 922. The van der Waals surface area contributed by atoms with E-state index < -0.39 is 38.2 Å². The maximum absolute atomic E-state index is 14.5. The quantitative estimate of drug-likeness (QED) is 0.541. The van der Waals surface area contributed by atoms with Gasteiger partial charge in [-0.1, -0.05) is 6.42 Å². The Morgan fingerprint density at radius 3 is 2.28 bits per heavy atom. The predicted octanol–water partition coefficient (Wildman–Crippen LogP) is 2.35. The lowest BCUT2D eigenvalue weighted by Gasteiger charge is -2.27. The van der Waals surface area contributed by atoms with Gasteiger partial charge in [0.2, 0.25) is 10.0 Å². The van der Waals surface area contributed by atoms with E-state index in [0.717, 1.165) is 18.6 Å². The minimum Gasteiger partial charge on any atom is -0.459 e. The van der Waals surface area contributed by atoms with Crippen molar-refractivity contribution in [2.24, 2.45) is 0 Å². The number of ether oxygens (including phenoxy) is 1. The molecule has 0 radical (unpaired) electrons. The van der Waals surface area contributed by atoms with E-state index in [1.807, 2.05) is 19.0 Å². The summed E-state index contributed by atoms with van der Waals surface area (Å²) in [6, 6.07) is 3.30. The lowest BCUT2D eigenvalue weighted by atomic mass is 10.2. The Morgan fingerprint density at radius 1 is 1.09 bits per heavy atom. The van der Waals surface area contributed by atoms with Gasteiger partial charge in [0.25, 0.3) is 5.91 Å². The fourth-order valence-electron chi connectivity index (χ4n) is 3.36. The van der Waals surface area contributed by atoms with Gasteiger partial charge in [0.05, 0.1) is 0 Å². The van der Waals surface area contributed by atoms with E-state index in [9.17, 15) is 22.4 Å². The monoisotopic (exact) mass is 471 g/mol. The fraction of sp³-hybridized carbons (Fsp3) is 0.636. The van der Waals surface area contributed by atoms with Crippen molar-refractivity contribution in [3.8, 4) is 0 Å². The SMILES string of the molecule is CN(C)CCN(CC(=O)OC(C)(C)C)C(=O)c1ccc(F)c(S(=O)(=O)N2CCCCC2)c1. The molecule has 0 aromatic heterocycles. The highest BCUT2D eigenvalue weighted by molar-refractivity contribution is 7.89. The number of piperidine rings is 1. The van der Waals surface area contributed by atoms with Crippen LogP contribution in [-0.4, -0.2) is 86.8 Å². The summed E-state index contributed by atoms with van der Waals surface area (Å²) in [6.07, 6.45) is 2.36. The Hall–Kier alpha value is -2.04. The van der Waals surface area contributed by atoms with Gasteiger partial charge in [-0.15, -0.1) is 0 Å². The first-order valence-corrected chi connectivity index (χ1v) is 12.2. The highest BCUT2D eigenvalue weighted by atomic mass is 32.2. The van der Waals surface area contributed by atoms with E-state index in [4.69, 9.17) is 4.74 Å². The summed E-state index contributed by atoms with van der Waals surface area (Å²) < 4.78 is 47.1. The molecule has 1 amide bonds. The number of esters is 1. The number of likely N-dealkylation sites (N-methyl/N-ethyl adjacent to an activating group) is 1. The molecule has 1 aromatic rings. The molecule has 1 aromatic carbocycles. The molecule has 1 aliphatic rings. The van der Waals surface area contributed by atoms with Crippen LogP contribution in [0.1, 0.15) is 50.4 Å². The Kier molecular flexibility index (Phi) is 8.78. The van der Waals surface area contributed by atoms with Crippen molar-refractivity contribution in [2.45, 2.75) is 50.5 Å². The van der Waals surface area contributed by atoms with Gasteiger partial charge < -0.3 is 14.5 Å². The smallest absolute Gasteiger partial charge is 0.326 e. The molecule has 180 valence electrons. The summed E-state index contributed by atoms with van der Waals surface area (Å²) in [5, 5.41) is 0. The van der Waals surface area contributed by atoms with Gasteiger partial charge in [0.1, 0.15) is 22.9 Å². The van der Waals surface area contributed by atoms with Crippen LogP contribution in [0.3, 0.4) is 0 Å². The van der Waals surface area contributed by atoms with Crippen molar-refractivity contribution in [3.63, 3.8) is 0 Å². The largest absolute Gasteiger partial charge is 0.459 e. The maximum Gasteiger partial charge on any atom is 0.326 e. The van der Waals surface area contributed by atoms with Crippen LogP contribution in [0.25, 0.3) is 0 Å². The van der Waals surface area contributed by atoms with Crippen molar-refractivity contribution < 1.29 is 27.1 Å². The van der Waals surface area contributed by atoms with Gasteiger partial charge in [0, 0.05) is 31.7 Å². The zero-order valence-electron chi connectivity index (χ0n) is 19.6. The highest BCUT2D eigenvalue weighted by Crippen LogP contribution is 2.24. The Morgan fingerprint density at radius 2 is 1.72 bits per heavy atom. The molecule has 8 nitrogen and oxygen atoms in total. The normalized spacial score (nSPS) is 15.6.